The van der Waals surface area contributed by atoms with E-state index in [0.29, 0.717) is 17.4 Å². The Balaban J connectivity index is 4.19. The van der Waals surface area contributed by atoms with E-state index in [-0.39, 0.29) is 26.1 Å². The van der Waals surface area contributed by atoms with Crippen LogP contribution in [0.25, 0.3) is 0 Å². The van der Waals surface area contributed by atoms with Crippen LogP contribution in [0.5, 0.6) is 0 Å². The maximum Gasteiger partial charge on any atom is 0.306 e. The molecular weight excluding hydrogens is 1040 g/mol. The van der Waals surface area contributed by atoms with Gasteiger partial charge in [-0.05, 0) is 122 Å². The molecule has 0 heterocycles. The number of carbonyl (C=O) groups is 2. The van der Waals surface area contributed by atoms with Gasteiger partial charge in [0.25, 0.3) is 7.82 Å². The third-order valence-corrected chi connectivity index (χ3v) is 14.3. The first kappa shape index (κ1) is 77.9. The normalized spacial score (nSPS) is 14.2. The number of unbranched alkanes of at least 4 members (excludes halogenated alkanes) is 20. The van der Waals surface area contributed by atoms with E-state index in [4.69, 9.17) is 18.5 Å². The van der Waals surface area contributed by atoms with Crippen molar-refractivity contribution in [3.63, 3.8) is 0 Å². The molecule has 82 heavy (non-hydrogen) atoms. The minimum Gasteiger partial charge on any atom is -0.756 e. The number of hydrogen-bond acceptors (Lipinski definition) is 8. The first-order chi connectivity index (χ1) is 40.0. The molecule has 466 valence electrons. The molecule has 0 rings (SSSR count). The zero-order chi connectivity index (χ0) is 59.8. The van der Waals surface area contributed by atoms with Crippen molar-refractivity contribution in [3.8, 4) is 0 Å². The molecular formula is C72H120NO8P. The zero-order valence-electron chi connectivity index (χ0n) is 52.9. The average molecular weight is 1160 g/mol. The highest BCUT2D eigenvalue weighted by Crippen LogP contribution is 2.38. The number of rotatable bonds is 58. The highest BCUT2D eigenvalue weighted by atomic mass is 31.2. The Hall–Kier alpha value is -4.11. The molecule has 10 heteroatoms. The molecule has 0 N–H and O–H groups in total. The Labute approximate surface area is 503 Å². The van der Waals surface area contributed by atoms with Crippen LogP contribution >= 0.6 is 7.82 Å². The van der Waals surface area contributed by atoms with Crippen LogP contribution in [0.1, 0.15) is 245 Å². The molecule has 0 saturated carbocycles. The van der Waals surface area contributed by atoms with Gasteiger partial charge in [-0.25, -0.2) is 0 Å². The standard InChI is InChI=1S/C72H120NO8P/c1-6-8-10-12-14-16-18-20-22-24-26-28-29-30-31-32-33-34-35-36-37-38-39-40-41-42-43-45-47-49-51-53-55-57-59-61-63-65-72(75)81-70(69-80-82(76,77)79-67-66-73(3,4)5)68-78-71(74)64-62-60-58-56-54-52-50-48-46-44-27-25-23-21-19-17-15-13-11-9-7-2/h8,10,14,16,19-22,25-28,30-31,33-34,36-37,39-40,42-43,47,49,70H,6-7,9,11-13,15,17-18,23-24,29,32,35,38,41,44-46,48,50-69H2,1-5H3/b10-8-,16-14-,21-19-,22-20-,27-25-,28-26-,31-30-,34-33-,37-36-,40-39-,43-42-,49-47-. The summed E-state index contributed by atoms with van der Waals surface area (Å²) in [5.74, 6) is -0.862. The predicted molar refractivity (Wildman–Crippen MR) is 350 cm³/mol. The van der Waals surface area contributed by atoms with Crippen molar-refractivity contribution in [2.45, 2.75) is 251 Å². The van der Waals surface area contributed by atoms with Crippen molar-refractivity contribution in [1.29, 1.82) is 0 Å². The van der Waals surface area contributed by atoms with Gasteiger partial charge in [0.15, 0.2) is 6.10 Å². The van der Waals surface area contributed by atoms with Gasteiger partial charge >= 0.3 is 11.9 Å². The molecule has 0 aliphatic carbocycles. The second kappa shape index (κ2) is 61.5. The van der Waals surface area contributed by atoms with E-state index in [0.717, 1.165) is 141 Å². The Morgan fingerprint density at radius 3 is 1.04 bits per heavy atom. The van der Waals surface area contributed by atoms with Gasteiger partial charge < -0.3 is 27.9 Å². The van der Waals surface area contributed by atoms with Gasteiger partial charge in [-0.2, -0.15) is 0 Å². The second-order valence-corrected chi connectivity index (χ2v) is 23.8. The summed E-state index contributed by atoms with van der Waals surface area (Å²) in [4.78, 5) is 38.0. The first-order valence-electron chi connectivity index (χ1n) is 32.5. The van der Waals surface area contributed by atoms with Crippen LogP contribution in [0.3, 0.4) is 0 Å². The molecule has 0 bridgehead atoms. The van der Waals surface area contributed by atoms with Gasteiger partial charge in [0.2, 0.25) is 0 Å². The van der Waals surface area contributed by atoms with Crippen LogP contribution in [-0.4, -0.2) is 70.0 Å². The van der Waals surface area contributed by atoms with E-state index in [1.165, 1.54) is 70.6 Å². The van der Waals surface area contributed by atoms with E-state index in [9.17, 15) is 19.0 Å². The van der Waals surface area contributed by atoms with E-state index < -0.39 is 32.5 Å². The summed E-state index contributed by atoms with van der Waals surface area (Å²) in [5.41, 5.74) is 0. The summed E-state index contributed by atoms with van der Waals surface area (Å²) in [6.45, 7) is 4.08. The Kier molecular flexibility index (Phi) is 58.4. The van der Waals surface area contributed by atoms with Crippen molar-refractivity contribution < 1.29 is 42.1 Å². The van der Waals surface area contributed by atoms with Gasteiger partial charge in [0.05, 0.1) is 27.7 Å². The van der Waals surface area contributed by atoms with E-state index in [1.54, 1.807) is 0 Å². The molecule has 0 saturated heterocycles. The van der Waals surface area contributed by atoms with Crippen LogP contribution in [0.4, 0.5) is 0 Å². The Bertz CT molecular complexity index is 1890. The molecule has 2 atom stereocenters. The largest absolute Gasteiger partial charge is 0.756 e. The van der Waals surface area contributed by atoms with Crippen LogP contribution in [0, 0.1) is 0 Å². The van der Waals surface area contributed by atoms with Crippen LogP contribution in [0.15, 0.2) is 146 Å². The van der Waals surface area contributed by atoms with Gasteiger partial charge in [-0.15, -0.1) is 0 Å². The summed E-state index contributed by atoms with van der Waals surface area (Å²) in [5, 5.41) is 0. The average Bonchev–Trinajstić information content (AvgIpc) is 3.46. The smallest absolute Gasteiger partial charge is 0.306 e. The maximum atomic E-state index is 12.8. The first-order valence-corrected chi connectivity index (χ1v) is 34.0. The molecule has 0 aromatic rings. The predicted octanol–water partition coefficient (Wildman–Crippen LogP) is 20.4. The lowest BCUT2D eigenvalue weighted by atomic mass is 10.1. The van der Waals surface area contributed by atoms with Crippen molar-refractivity contribution in [3.05, 3.63) is 146 Å². The summed E-state index contributed by atoms with van der Waals surface area (Å²) in [6.07, 6.45) is 90.4. The number of hydrogen-bond donors (Lipinski definition) is 0. The minimum atomic E-state index is -4.65. The van der Waals surface area contributed by atoms with Gasteiger partial charge in [-0.3, -0.25) is 14.2 Å². The molecule has 9 nitrogen and oxygen atoms in total. The number of carbonyl (C=O) groups excluding carboxylic acids is 2. The second-order valence-electron chi connectivity index (χ2n) is 22.4. The molecule has 0 aromatic heterocycles. The number of phosphoric acid groups is 1. The Morgan fingerprint density at radius 2 is 0.695 bits per heavy atom. The van der Waals surface area contributed by atoms with E-state index in [1.807, 2.05) is 21.1 Å². The van der Waals surface area contributed by atoms with Gasteiger partial charge in [-0.1, -0.05) is 256 Å². The minimum absolute atomic E-state index is 0.0422. The summed E-state index contributed by atoms with van der Waals surface area (Å²) < 4.78 is 34.2. The summed E-state index contributed by atoms with van der Waals surface area (Å²) in [7, 11) is 1.13. The van der Waals surface area contributed by atoms with Gasteiger partial charge in [0, 0.05) is 12.8 Å². The highest BCUT2D eigenvalue weighted by Gasteiger charge is 2.22. The van der Waals surface area contributed by atoms with Crippen molar-refractivity contribution in [1.82, 2.24) is 0 Å². The van der Waals surface area contributed by atoms with E-state index >= 15 is 0 Å². The van der Waals surface area contributed by atoms with Crippen molar-refractivity contribution >= 4 is 19.8 Å². The third-order valence-electron chi connectivity index (χ3n) is 13.3. The van der Waals surface area contributed by atoms with Crippen molar-refractivity contribution in [2.75, 3.05) is 47.5 Å². The highest BCUT2D eigenvalue weighted by molar-refractivity contribution is 7.45. The lowest BCUT2D eigenvalue weighted by Crippen LogP contribution is -2.37. The van der Waals surface area contributed by atoms with Crippen LogP contribution < -0.4 is 4.89 Å². The number of ether oxygens (including phenoxy) is 2. The Morgan fingerprint density at radius 1 is 0.390 bits per heavy atom. The quantitative estimate of drug-likeness (QED) is 0.0195. The number of esters is 2. The number of phosphoric ester groups is 1. The molecule has 0 amide bonds. The molecule has 0 radical (unpaired) electrons. The lowest BCUT2D eigenvalue weighted by molar-refractivity contribution is -0.870. The fourth-order valence-electron chi connectivity index (χ4n) is 8.36. The van der Waals surface area contributed by atoms with Gasteiger partial charge in [0.1, 0.15) is 19.8 Å². The summed E-state index contributed by atoms with van der Waals surface area (Å²) >= 11 is 0. The van der Waals surface area contributed by atoms with E-state index in [2.05, 4.69) is 160 Å². The monoisotopic (exact) mass is 1160 g/mol. The fraction of sp³-hybridized carbons (Fsp3) is 0.639. The number of likely N-dealkylation sites (N-methyl/N-ethyl adjacent to an activating group) is 1. The molecule has 0 fully saturated rings. The SMILES string of the molecule is CC/C=C\C/C=C\C/C=C\C/C=C\C/C=C\C/C=C\C/C=C\C/C=C\C/C=C\C/C=C\CCCCCCCCC(=O)OC(COC(=O)CCCCCCCCCCC/C=C\C/C=C\CCCCCCC)COP(=O)([O-])OCC[N+](C)(C)C. The zero-order valence-corrected chi connectivity index (χ0v) is 53.8. The number of nitrogens with zero attached hydrogens (tertiary/aromatic N) is 1. The molecule has 0 spiro atoms. The fourth-order valence-corrected chi connectivity index (χ4v) is 9.09. The molecule has 0 aromatic carbocycles. The molecule has 0 aliphatic rings. The third kappa shape index (κ3) is 65.0. The number of allylic oxidation sites excluding steroid dienone is 24. The van der Waals surface area contributed by atoms with Crippen molar-refractivity contribution in [2.24, 2.45) is 0 Å². The van der Waals surface area contributed by atoms with Crippen LogP contribution in [0.2, 0.25) is 0 Å². The van der Waals surface area contributed by atoms with Crippen LogP contribution in [-0.2, 0) is 32.7 Å². The number of quaternary nitrogens is 1. The molecule has 2 unspecified atom stereocenters. The topological polar surface area (TPSA) is 111 Å². The summed E-state index contributed by atoms with van der Waals surface area (Å²) in [6, 6.07) is 0. The molecule has 0 aliphatic heterocycles. The maximum absolute atomic E-state index is 12.8. The lowest BCUT2D eigenvalue weighted by Gasteiger charge is -2.28.